The number of hydrogen-bond donors (Lipinski definition) is 1. The molecule has 1 aromatic carbocycles. The van der Waals surface area contributed by atoms with Crippen molar-refractivity contribution in [3.8, 4) is 5.75 Å². The Hall–Kier alpha value is -2.10. The highest BCUT2D eigenvalue weighted by atomic mass is 16.3. The van der Waals surface area contributed by atoms with Gasteiger partial charge in [0.05, 0.1) is 18.4 Å². The Morgan fingerprint density at radius 1 is 1.00 bits per heavy atom. The van der Waals surface area contributed by atoms with E-state index in [1.165, 1.54) is 4.90 Å². The number of phenols is 1. The van der Waals surface area contributed by atoms with E-state index in [9.17, 15) is 14.7 Å². The Labute approximate surface area is 111 Å². The summed E-state index contributed by atoms with van der Waals surface area (Å²) >= 11 is 0. The second kappa shape index (κ2) is 4.53. The monoisotopic (exact) mass is 257 g/mol. The zero-order chi connectivity index (χ0) is 13.4. The minimum absolute atomic E-state index is 0.0626. The molecule has 1 aliphatic heterocycles. The quantitative estimate of drug-likeness (QED) is 0.649. The molecule has 4 nitrogen and oxygen atoms in total. The van der Waals surface area contributed by atoms with Crippen molar-refractivity contribution < 1.29 is 14.7 Å². The molecule has 2 atom stereocenters. The average molecular weight is 257 g/mol. The number of rotatable bonds is 2. The largest absolute Gasteiger partial charge is 0.508 e. The van der Waals surface area contributed by atoms with Crippen LogP contribution in [0.4, 0.5) is 0 Å². The number of carbonyl (C=O) groups is 2. The van der Waals surface area contributed by atoms with Crippen molar-refractivity contribution in [3.63, 3.8) is 0 Å². The number of hydrogen-bond acceptors (Lipinski definition) is 3. The van der Waals surface area contributed by atoms with Crippen molar-refractivity contribution in [2.75, 3.05) is 0 Å². The Morgan fingerprint density at radius 2 is 1.53 bits per heavy atom. The van der Waals surface area contributed by atoms with Gasteiger partial charge in [-0.15, -0.1) is 0 Å². The maximum absolute atomic E-state index is 12.2. The number of benzene rings is 1. The summed E-state index contributed by atoms with van der Waals surface area (Å²) in [6, 6.07) is 6.59. The smallest absolute Gasteiger partial charge is 0.233 e. The molecule has 1 aliphatic carbocycles. The van der Waals surface area contributed by atoms with Crippen LogP contribution in [0.3, 0.4) is 0 Å². The molecule has 4 heteroatoms. The highest BCUT2D eigenvalue weighted by Gasteiger charge is 2.46. The molecule has 0 aromatic heterocycles. The zero-order valence-corrected chi connectivity index (χ0v) is 10.5. The summed E-state index contributed by atoms with van der Waals surface area (Å²) in [6.45, 7) is 0.297. The van der Waals surface area contributed by atoms with E-state index in [0.717, 1.165) is 5.56 Å². The van der Waals surface area contributed by atoms with Crippen molar-refractivity contribution in [1.82, 2.24) is 4.90 Å². The summed E-state index contributed by atoms with van der Waals surface area (Å²) < 4.78 is 0. The van der Waals surface area contributed by atoms with Gasteiger partial charge in [0.1, 0.15) is 5.75 Å². The fourth-order valence-corrected chi connectivity index (χ4v) is 2.81. The first-order chi connectivity index (χ1) is 9.16. The molecule has 0 radical (unpaired) electrons. The van der Waals surface area contributed by atoms with E-state index in [4.69, 9.17) is 0 Å². The van der Waals surface area contributed by atoms with Crippen molar-refractivity contribution >= 4 is 11.8 Å². The van der Waals surface area contributed by atoms with Crippen LogP contribution in [-0.2, 0) is 16.1 Å². The molecule has 0 saturated carbocycles. The second-order valence-corrected chi connectivity index (χ2v) is 5.08. The Kier molecular flexibility index (Phi) is 2.85. The predicted molar refractivity (Wildman–Crippen MR) is 69.0 cm³/mol. The van der Waals surface area contributed by atoms with Crippen LogP contribution in [0.25, 0.3) is 0 Å². The van der Waals surface area contributed by atoms with Crippen LogP contribution in [0.1, 0.15) is 18.4 Å². The first-order valence-electron chi connectivity index (χ1n) is 6.45. The first-order valence-corrected chi connectivity index (χ1v) is 6.45. The Morgan fingerprint density at radius 3 is 2.05 bits per heavy atom. The number of carbonyl (C=O) groups excluding carboxylic acids is 2. The predicted octanol–water partition coefficient (Wildman–Crippen LogP) is 1.84. The third-order valence-corrected chi connectivity index (χ3v) is 3.88. The number of imide groups is 1. The van der Waals surface area contributed by atoms with Gasteiger partial charge in [0.2, 0.25) is 11.8 Å². The van der Waals surface area contributed by atoms with Crippen LogP contribution in [0.5, 0.6) is 5.75 Å². The molecule has 2 aliphatic rings. The highest BCUT2D eigenvalue weighted by Crippen LogP contribution is 2.35. The third kappa shape index (κ3) is 2.03. The van der Waals surface area contributed by atoms with E-state index in [0.29, 0.717) is 19.4 Å². The van der Waals surface area contributed by atoms with Gasteiger partial charge in [-0.3, -0.25) is 14.5 Å². The first kappa shape index (κ1) is 12.0. The van der Waals surface area contributed by atoms with E-state index in [1.807, 2.05) is 12.2 Å². The van der Waals surface area contributed by atoms with Crippen LogP contribution < -0.4 is 0 Å². The SMILES string of the molecule is O=C1[C@H]2CC=CC[C@H]2C(=O)N1Cc1ccc(O)cc1. The average Bonchev–Trinajstić information content (AvgIpc) is 2.67. The van der Waals surface area contributed by atoms with Crippen molar-refractivity contribution in [1.29, 1.82) is 0 Å². The number of likely N-dealkylation sites (tertiary alicyclic amines) is 1. The van der Waals surface area contributed by atoms with Crippen LogP contribution in [0.2, 0.25) is 0 Å². The molecule has 1 saturated heterocycles. The maximum atomic E-state index is 12.2. The lowest BCUT2D eigenvalue weighted by atomic mass is 9.85. The number of fused-ring (bicyclic) bond motifs is 1. The number of phenolic OH excluding ortho intramolecular Hbond substituents is 1. The molecule has 2 amide bonds. The molecule has 0 unspecified atom stereocenters. The molecule has 1 N–H and O–H groups in total. The fraction of sp³-hybridized carbons (Fsp3) is 0.333. The summed E-state index contributed by atoms with van der Waals surface area (Å²) in [5.74, 6) is -0.287. The molecule has 98 valence electrons. The van der Waals surface area contributed by atoms with Gasteiger partial charge < -0.3 is 5.11 Å². The molecular formula is C15H15NO3. The number of allylic oxidation sites excluding steroid dienone is 2. The van der Waals surface area contributed by atoms with Gasteiger partial charge in [-0.05, 0) is 30.5 Å². The number of aromatic hydroxyl groups is 1. The summed E-state index contributed by atoms with van der Waals surface area (Å²) in [5, 5.41) is 9.23. The molecule has 1 aromatic rings. The second-order valence-electron chi connectivity index (χ2n) is 5.08. The molecule has 1 heterocycles. The van der Waals surface area contributed by atoms with Crippen molar-refractivity contribution in [2.24, 2.45) is 11.8 Å². The van der Waals surface area contributed by atoms with Crippen molar-refractivity contribution in [2.45, 2.75) is 19.4 Å². The summed E-state index contributed by atoms with van der Waals surface area (Å²) in [5.41, 5.74) is 0.853. The van der Waals surface area contributed by atoms with Crippen LogP contribution in [0, 0.1) is 11.8 Å². The third-order valence-electron chi connectivity index (χ3n) is 3.88. The summed E-state index contributed by atoms with van der Waals surface area (Å²) in [4.78, 5) is 25.8. The van der Waals surface area contributed by atoms with Gasteiger partial charge >= 0.3 is 0 Å². The Bertz CT molecular complexity index is 521. The van der Waals surface area contributed by atoms with E-state index in [2.05, 4.69) is 0 Å². The van der Waals surface area contributed by atoms with Crippen LogP contribution in [0.15, 0.2) is 36.4 Å². The number of amides is 2. The Balaban J connectivity index is 1.80. The summed E-state index contributed by atoms with van der Waals surface area (Å²) in [7, 11) is 0. The van der Waals surface area contributed by atoms with Gasteiger partial charge in [0, 0.05) is 0 Å². The van der Waals surface area contributed by atoms with Crippen LogP contribution >= 0.6 is 0 Å². The van der Waals surface area contributed by atoms with Gasteiger partial charge in [0.15, 0.2) is 0 Å². The van der Waals surface area contributed by atoms with E-state index in [1.54, 1.807) is 24.3 Å². The highest BCUT2D eigenvalue weighted by molar-refractivity contribution is 6.05. The standard InChI is InChI=1S/C15H15NO3/c17-11-7-5-10(6-8-11)9-16-14(18)12-3-1-2-4-13(12)15(16)19/h1-2,5-8,12-13,17H,3-4,9H2/t12-,13+. The van der Waals surface area contributed by atoms with Crippen LogP contribution in [-0.4, -0.2) is 21.8 Å². The lowest BCUT2D eigenvalue weighted by molar-refractivity contribution is -0.140. The van der Waals surface area contributed by atoms with Gasteiger partial charge in [-0.2, -0.15) is 0 Å². The number of nitrogens with zero attached hydrogens (tertiary/aromatic N) is 1. The molecule has 19 heavy (non-hydrogen) atoms. The molecular weight excluding hydrogens is 242 g/mol. The molecule has 1 fully saturated rings. The van der Waals surface area contributed by atoms with E-state index < -0.39 is 0 Å². The fourth-order valence-electron chi connectivity index (χ4n) is 2.81. The maximum Gasteiger partial charge on any atom is 0.233 e. The van der Waals surface area contributed by atoms with Gasteiger partial charge in [-0.25, -0.2) is 0 Å². The zero-order valence-electron chi connectivity index (χ0n) is 10.5. The van der Waals surface area contributed by atoms with E-state index >= 15 is 0 Å². The molecule has 3 rings (SSSR count). The lowest BCUT2D eigenvalue weighted by Gasteiger charge is -2.14. The van der Waals surface area contributed by atoms with Crippen molar-refractivity contribution in [3.05, 3.63) is 42.0 Å². The minimum atomic E-state index is -0.172. The minimum Gasteiger partial charge on any atom is -0.508 e. The van der Waals surface area contributed by atoms with E-state index in [-0.39, 0.29) is 29.4 Å². The summed E-state index contributed by atoms with van der Waals surface area (Å²) in [6.07, 6.45) is 5.30. The van der Waals surface area contributed by atoms with Gasteiger partial charge in [0.25, 0.3) is 0 Å². The molecule has 0 spiro atoms. The van der Waals surface area contributed by atoms with Gasteiger partial charge in [-0.1, -0.05) is 24.3 Å². The lowest BCUT2D eigenvalue weighted by Crippen LogP contribution is -2.30. The normalized spacial score (nSPS) is 25.8. The topological polar surface area (TPSA) is 57.6 Å². The molecule has 0 bridgehead atoms.